The predicted octanol–water partition coefficient (Wildman–Crippen LogP) is 3.67. The zero-order valence-corrected chi connectivity index (χ0v) is 16.1. The van der Waals surface area contributed by atoms with Crippen LogP contribution in [0.15, 0.2) is 30.3 Å². The Morgan fingerprint density at radius 3 is 2.67 bits per heavy atom. The molecule has 0 fully saturated rings. The largest absolute Gasteiger partial charge is 0.489 e. The highest BCUT2D eigenvalue weighted by molar-refractivity contribution is 6.32. The maximum Gasteiger partial charge on any atom is 0.251 e. The minimum Gasteiger partial charge on any atom is -0.489 e. The molecule has 1 aromatic carbocycles. The van der Waals surface area contributed by atoms with Crippen molar-refractivity contribution in [2.45, 2.75) is 33.5 Å². The number of aromatic nitrogens is 1. The van der Waals surface area contributed by atoms with Crippen molar-refractivity contribution in [1.82, 2.24) is 10.3 Å². The number of carbonyl (C=O) groups excluding carboxylic acids is 2. The minimum absolute atomic E-state index is 0.0756. The van der Waals surface area contributed by atoms with Gasteiger partial charge in [0.1, 0.15) is 24.3 Å². The average molecular weight is 394 g/mol. The van der Waals surface area contributed by atoms with E-state index in [2.05, 4.69) is 15.6 Å². The summed E-state index contributed by atoms with van der Waals surface area (Å²) in [5.41, 5.74) is 1.76. The van der Waals surface area contributed by atoms with Crippen molar-refractivity contribution in [3.05, 3.63) is 52.2 Å². The first-order chi connectivity index (χ1) is 12.7. The molecule has 0 aliphatic rings. The van der Waals surface area contributed by atoms with Gasteiger partial charge in [-0.25, -0.2) is 9.37 Å². The van der Waals surface area contributed by atoms with E-state index >= 15 is 0 Å². The van der Waals surface area contributed by atoms with Crippen LogP contribution in [0.1, 0.15) is 35.5 Å². The minimum atomic E-state index is -1.09. The molecule has 0 bridgehead atoms. The smallest absolute Gasteiger partial charge is 0.251 e. The lowest BCUT2D eigenvalue weighted by Gasteiger charge is -2.11. The van der Waals surface area contributed by atoms with Crippen molar-refractivity contribution in [3.63, 3.8) is 0 Å². The zero-order valence-electron chi connectivity index (χ0n) is 15.3. The maximum absolute atomic E-state index is 12.9. The normalized spacial score (nSPS) is 11.6. The fourth-order valence-electron chi connectivity index (χ4n) is 2.30. The van der Waals surface area contributed by atoms with Gasteiger partial charge in [-0.1, -0.05) is 17.7 Å². The topological polar surface area (TPSA) is 80.3 Å². The number of carbonyl (C=O) groups is 2. The van der Waals surface area contributed by atoms with Crippen molar-refractivity contribution in [3.8, 4) is 5.75 Å². The Kier molecular flexibility index (Phi) is 7.12. The number of amides is 2. The zero-order chi connectivity index (χ0) is 20.0. The number of rotatable bonds is 7. The second-order valence-corrected chi connectivity index (χ2v) is 6.51. The Morgan fingerprint density at radius 2 is 2.04 bits per heavy atom. The molecule has 0 aliphatic carbocycles. The van der Waals surface area contributed by atoms with E-state index in [1.165, 1.54) is 19.9 Å². The Bertz CT molecular complexity index is 843. The highest BCUT2D eigenvalue weighted by Gasteiger charge is 2.11. The molecule has 2 rings (SSSR count). The molecule has 0 radical (unpaired) electrons. The second-order valence-electron chi connectivity index (χ2n) is 6.10. The molecule has 6 nitrogen and oxygen atoms in total. The fourth-order valence-corrected chi connectivity index (χ4v) is 2.56. The van der Waals surface area contributed by atoms with Gasteiger partial charge in [0.15, 0.2) is 0 Å². The van der Waals surface area contributed by atoms with Gasteiger partial charge in [-0.15, -0.1) is 0 Å². The summed E-state index contributed by atoms with van der Waals surface area (Å²) in [6.07, 6.45) is -1.09. The van der Waals surface area contributed by atoms with Crippen molar-refractivity contribution in [1.29, 1.82) is 0 Å². The molecule has 1 aromatic heterocycles. The number of anilines is 1. The molecule has 0 saturated carbocycles. The summed E-state index contributed by atoms with van der Waals surface area (Å²) >= 11 is 6.13. The maximum atomic E-state index is 12.9. The summed E-state index contributed by atoms with van der Waals surface area (Å²) in [5.74, 6) is 0.133. The highest BCUT2D eigenvalue weighted by atomic mass is 35.5. The number of pyridine rings is 1. The van der Waals surface area contributed by atoms with Crippen LogP contribution >= 0.6 is 11.6 Å². The molecule has 2 aromatic rings. The second kappa shape index (κ2) is 9.32. The van der Waals surface area contributed by atoms with E-state index in [9.17, 15) is 14.0 Å². The van der Waals surface area contributed by atoms with Crippen molar-refractivity contribution in [2.75, 3.05) is 11.9 Å². The SMILES string of the molecule is CC(=O)Nc1cc(C(=O)NCc2ccc(OCC(C)F)c(Cl)c2)cc(C)n1. The van der Waals surface area contributed by atoms with E-state index in [1.54, 1.807) is 31.2 Å². The van der Waals surface area contributed by atoms with Crippen LogP contribution in [0.2, 0.25) is 5.02 Å². The van der Waals surface area contributed by atoms with Gasteiger partial charge in [-0.3, -0.25) is 9.59 Å². The van der Waals surface area contributed by atoms with Crippen molar-refractivity contribution >= 4 is 29.2 Å². The van der Waals surface area contributed by atoms with Gasteiger partial charge in [0.25, 0.3) is 5.91 Å². The first-order valence-electron chi connectivity index (χ1n) is 8.34. The van der Waals surface area contributed by atoms with E-state index in [0.717, 1.165) is 5.56 Å². The first kappa shape index (κ1) is 20.6. The Balaban J connectivity index is 2.02. The number of ether oxygens (including phenoxy) is 1. The number of halogens is 2. The number of benzene rings is 1. The van der Waals surface area contributed by atoms with Gasteiger partial charge in [-0.05, 0) is 43.7 Å². The molecule has 8 heteroatoms. The van der Waals surface area contributed by atoms with Crippen LogP contribution in [-0.2, 0) is 11.3 Å². The lowest BCUT2D eigenvalue weighted by Crippen LogP contribution is -2.23. The number of alkyl halides is 1. The van der Waals surface area contributed by atoms with E-state index in [4.69, 9.17) is 16.3 Å². The first-order valence-corrected chi connectivity index (χ1v) is 8.72. The molecule has 2 amide bonds. The molecule has 0 saturated heterocycles. The average Bonchev–Trinajstić information content (AvgIpc) is 2.57. The van der Waals surface area contributed by atoms with Crippen LogP contribution in [0.4, 0.5) is 10.2 Å². The van der Waals surface area contributed by atoms with Crippen molar-refractivity contribution < 1.29 is 18.7 Å². The van der Waals surface area contributed by atoms with Gasteiger partial charge < -0.3 is 15.4 Å². The Morgan fingerprint density at radius 1 is 1.30 bits per heavy atom. The van der Waals surface area contributed by atoms with E-state index in [0.29, 0.717) is 27.8 Å². The third-order valence-corrected chi connectivity index (χ3v) is 3.73. The van der Waals surface area contributed by atoms with Crippen LogP contribution in [0.5, 0.6) is 5.75 Å². The molecule has 1 unspecified atom stereocenters. The lowest BCUT2D eigenvalue weighted by atomic mass is 10.2. The monoisotopic (exact) mass is 393 g/mol. The number of hydrogen-bond donors (Lipinski definition) is 2. The Hall–Kier alpha value is -2.67. The number of nitrogens with zero attached hydrogens (tertiary/aromatic N) is 1. The molecular formula is C19H21ClFN3O3. The molecule has 144 valence electrons. The molecular weight excluding hydrogens is 373 g/mol. The van der Waals surface area contributed by atoms with Crippen LogP contribution in [0.25, 0.3) is 0 Å². The fraction of sp³-hybridized carbons (Fsp3) is 0.316. The van der Waals surface area contributed by atoms with Crippen LogP contribution in [0.3, 0.4) is 0 Å². The van der Waals surface area contributed by atoms with Gasteiger partial charge >= 0.3 is 0 Å². The molecule has 1 atom stereocenters. The summed E-state index contributed by atoms with van der Waals surface area (Å²) in [7, 11) is 0. The molecule has 2 N–H and O–H groups in total. The summed E-state index contributed by atoms with van der Waals surface area (Å²) in [6.45, 7) is 4.67. The van der Waals surface area contributed by atoms with Crippen LogP contribution in [-0.4, -0.2) is 29.6 Å². The number of aryl methyl sites for hydroxylation is 1. The molecule has 0 aliphatic heterocycles. The quantitative estimate of drug-likeness (QED) is 0.752. The van der Waals surface area contributed by atoms with Gasteiger partial charge in [0.05, 0.1) is 5.02 Å². The number of nitrogens with one attached hydrogen (secondary N) is 2. The van der Waals surface area contributed by atoms with Gasteiger partial charge in [0.2, 0.25) is 5.91 Å². The van der Waals surface area contributed by atoms with Crippen LogP contribution in [0, 0.1) is 6.92 Å². The predicted molar refractivity (Wildman–Crippen MR) is 102 cm³/mol. The van der Waals surface area contributed by atoms with Crippen LogP contribution < -0.4 is 15.4 Å². The third kappa shape index (κ3) is 6.53. The standard InChI is InChI=1S/C19H21ClFN3O3/c1-11(21)10-27-17-5-4-14(7-16(17)20)9-22-19(26)15-6-12(2)23-18(8-15)24-13(3)25/h4-8,11H,9-10H2,1-3H3,(H,22,26)(H,23,24,25). The van der Waals surface area contributed by atoms with E-state index in [-0.39, 0.29) is 25.0 Å². The molecule has 1 heterocycles. The molecule has 27 heavy (non-hydrogen) atoms. The Labute approximate surface area is 162 Å². The summed E-state index contributed by atoms with van der Waals surface area (Å²) in [6, 6.07) is 8.16. The van der Waals surface area contributed by atoms with E-state index < -0.39 is 6.17 Å². The van der Waals surface area contributed by atoms with E-state index in [1.807, 2.05) is 0 Å². The highest BCUT2D eigenvalue weighted by Crippen LogP contribution is 2.25. The van der Waals surface area contributed by atoms with Crippen molar-refractivity contribution in [2.24, 2.45) is 0 Å². The molecule has 0 spiro atoms. The lowest BCUT2D eigenvalue weighted by molar-refractivity contribution is -0.114. The van der Waals surface area contributed by atoms with Gasteiger partial charge in [0, 0.05) is 24.7 Å². The summed E-state index contributed by atoms with van der Waals surface area (Å²) < 4.78 is 18.1. The summed E-state index contributed by atoms with van der Waals surface area (Å²) in [4.78, 5) is 27.7. The summed E-state index contributed by atoms with van der Waals surface area (Å²) in [5, 5.41) is 5.68. The third-order valence-electron chi connectivity index (χ3n) is 3.44. The van der Waals surface area contributed by atoms with Gasteiger partial charge in [-0.2, -0.15) is 0 Å². The number of hydrogen-bond acceptors (Lipinski definition) is 4.